The number of hydrogen-bond acceptors (Lipinski definition) is 3. The maximum absolute atomic E-state index is 5.77. The van der Waals surface area contributed by atoms with Gasteiger partial charge in [0, 0.05) is 11.9 Å². The molecule has 2 heterocycles. The number of para-hydroxylation sites is 1. The first kappa shape index (κ1) is 9.30. The highest BCUT2D eigenvalue weighted by atomic mass is 15.2. The highest BCUT2D eigenvalue weighted by molar-refractivity contribution is 5.87. The first-order valence-corrected chi connectivity index (χ1v) is 5.22. The van der Waals surface area contributed by atoms with Crippen LogP contribution in [0.5, 0.6) is 0 Å². The third-order valence-electron chi connectivity index (χ3n) is 2.92. The molecule has 0 aliphatic heterocycles. The molecule has 0 spiro atoms. The fourth-order valence-electron chi connectivity index (χ4n) is 2.14. The molecule has 2 aromatic heterocycles. The van der Waals surface area contributed by atoms with Gasteiger partial charge in [0.1, 0.15) is 6.33 Å². The van der Waals surface area contributed by atoms with Crippen molar-refractivity contribution in [1.29, 1.82) is 0 Å². The van der Waals surface area contributed by atoms with Crippen molar-refractivity contribution in [3.05, 3.63) is 41.7 Å². The van der Waals surface area contributed by atoms with E-state index in [0.29, 0.717) is 6.54 Å². The summed E-state index contributed by atoms with van der Waals surface area (Å²) in [5, 5.41) is 9.22. The summed E-state index contributed by atoms with van der Waals surface area (Å²) in [5.41, 5.74) is 10.1. The van der Waals surface area contributed by atoms with Gasteiger partial charge in [-0.1, -0.05) is 18.2 Å². The van der Waals surface area contributed by atoms with Gasteiger partial charge in [0.2, 0.25) is 0 Å². The summed E-state index contributed by atoms with van der Waals surface area (Å²) < 4.78 is 1.99. The monoisotopic (exact) mass is 212 g/mol. The van der Waals surface area contributed by atoms with E-state index in [4.69, 9.17) is 5.73 Å². The summed E-state index contributed by atoms with van der Waals surface area (Å²) >= 11 is 0. The predicted octanol–water partition coefficient (Wildman–Crippen LogP) is 1.65. The minimum atomic E-state index is 0.522. The maximum atomic E-state index is 5.77. The Hall–Kier alpha value is -1.94. The summed E-state index contributed by atoms with van der Waals surface area (Å²) in [5.74, 6) is 0. The van der Waals surface area contributed by atoms with Crippen LogP contribution >= 0.6 is 0 Å². The molecule has 0 aliphatic carbocycles. The number of pyridine rings is 1. The molecule has 0 bridgehead atoms. The molecular weight excluding hydrogens is 200 g/mol. The van der Waals surface area contributed by atoms with Gasteiger partial charge >= 0.3 is 0 Å². The lowest BCUT2D eigenvalue weighted by atomic mass is 10.1. The number of nitrogens with two attached hydrogens (primary N) is 1. The highest BCUT2D eigenvalue weighted by Crippen LogP contribution is 2.23. The van der Waals surface area contributed by atoms with Crippen LogP contribution in [0.15, 0.2) is 30.6 Å². The van der Waals surface area contributed by atoms with Crippen LogP contribution in [0.2, 0.25) is 0 Å². The van der Waals surface area contributed by atoms with Crippen molar-refractivity contribution in [3.63, 3.8) is 0 Å². The topological polar surface area (TPSA) is 56.2 Å². The lowest BCUT2D eigenvalue weighted by Gasteiger charge is -2.08. The molecule has 4 heteroatoms. The lowest BCUT2D eigenvalue weighted by molar-refractivity contribution is 1.06. The van der Waals surface area contributed by atoms with Crippen molar-refractivity contribution < 1.29 is 0 Å². The second-order valence-electron chi connectivity index (χ2n) is 3.90. The third-order valence-corrected chi connectivity index (χ3v) is 2.92. The molecule has 4 nitrogen and oxygen atoms in total. The Bertz CT molecular complexity index is 669. The van der Waals surface area contributed by atoms with Crippen LogP contribution in [-0.4, -0.2) is 14.6 Å². The fourth-order valence-corrected chi connectivity index (χ4v) is 2.14. The summed E-state index contributed by atoms with van der Waals surface area (Å²) in [4.78, 5) is 0. The van der Waals surface area contributed by atoms with E-state index in [-0.39, 0.29) is 0 Å². The van der Waals surface area contributed by atoms with Crippen molar-refractivity contribution >= 4 is 16.6 Å². The summed E-state index contributed by atoms with van der Waals surface area (Å²) in [6.45, 7) is 2.60. The summed E-state index contributed by atoms with van der Waals surface area (Å²) in [7, 11) is 0. The number of benzene rings is 1. The Morgan fingerprint density at radius 2 is 2.25 bits per heavy atom. The Morgan fingerprint density at radius 1 is 1.38 bits per heavy atom. The Labute approximate surface area is 92.7 Å². The fraction of sp³-hybridized carbons (Fsp3) is 0.167. The van der Waals surface area contributed by atoms with Crippen LogP contribution in [0.4, 0.5) is 0 Å². The average molecular weight is 212 g/mol. The molecule has 0 saturated carbocycles. The number of nitrogens with zero attached hydrogens (tertiary/aromatic N) is 3. The number of aromatic nitrogens is 3. The first-order chi connectivity index (χ1) is 7.81. The van der Waals surface area contributed by atoms with Crippen molar-refractivity contribution in [2.24, 2.45) is 5.73 Å². The van der Waals surface area contributed by atoms with Crippen LogP contribution in [0.3, 0.4) is 0 Å². The average Bonchev–Trinajstić information content (AvgIpc) is 2.76. The van der Waals surface area contributed by atoms with E-state index < -0.39 is 0 Å². The second kappa shape index (κ2) is 3.28. The van der Waals surface area contributed by atoms with Gasteiger partial charge in [0.05, 0.1) is 5.52 Å². The quantitative estimate of drug-likeness (QED) is 0.667. The van der Waals surface area contributed by atoms with Crippen LogP contribution in [0, 0.1) is 6.92 Å². The Balaban J connectivity index is 2.62. The maximum Gasteiger partial charge on any atom is 0.161 e. The largest absolute Gasteiger partial charge is 0.326 e. The Kier molecular flexibility index (Phi) is 1.91. The van der Waals surface area contributed by atoms with Crippen LogP contribution < -0.4 is 5.73 Å². The normalized spacial score (nSPS) is 11.4. The van der Waals surface area contributed by atoms with Gasteiger partial charge in [0.25, 0.3) is 0 Å². The molecule has 0 saturated heterocycles. The molecule has 0 aliphatic rings. The molecule has 80 valence electrons. The van der Waals surface area contributed by atoms with E-state index in [9.17, 15) is 0 Å². The van der Waals surface area contributed by atoms with Crippen molar-refractivity contribution in [1.82, 2.24) is 14.6 Å². The van der Waals surface area contributed by atoms with Crippen LogP contribution in [-0.2, 0) is 6.54 Å². The van der Waals surface area contributed by atoms with E-state index >= 15 is 0 Å². The zero-order chi connectivity index (χ0) is 11.1. The SMILES string of the molecule is Cc1cc2nncn2c2c(CN)cccc12. The molecule has 1 aromatic carbocycles. The van der Waals surface area contributed by atoms with Crippen molar-refractivity contribution in [2.45, 2.75) is 13.5 Å². The number of aryl methyl sites for hydroxylation is 1. The van der Waals surface area contributed by atoms with Gasteiger partial charge in [-0.15, -0.1) is 10.2 Å². The van der Waals surface area contributed by atoms with Gasteiger partial charge < -0.3 is 5.73 Å². The molecule has 0 fully saturated rings. The molecule has 0 amide bonds. The van der Waals surface area contributed by atoms with Gasteiger partial charge in [-0.25, -0.2) is 0 Å². The molecule has 3 aromatic rings. The molecule has 3 rings (SSSR count). The second-order valence-corrected chi connectivity index (χ2v) is 3.90. The predicted molar refractivity (Wildman–Crippen MR) is 63.1 cm³/mol. The van der Waals surface area contributed by atoms with E-state index in [1.54, 1.807) is 6.33 Å². The number of rotatable bonds is 1. The van der Waals surface area contributed by atoms with E-state index in [2.05, 4.69) is 23.2 Å². The molecule has 0 radical (unpaired) electrons. The van der Waals surface area contributed by atoms with E-state index in [0.717, 1.165) is 16.7 Å². The van der Waals surface area contributed by atoms with Gasteiger partial charge in [0.15, 0.2) is 5.65 Å². The number of hydrogen-bond donors (Lipinski definition) is 1. The minimum Gasteiger partial charge on any atom is -0.326 e. The molecular formula is C12H12N4. The highest BCUT2D eigenvalue weighted by Gasteiger charge is 2.07. The zero-order valence-electron chi connectivity index (χ0n) is 9.01. The Morgan fingerprint density at radius 3 is 3.06 bits per heavy atom. The lowest BCUT2D eigenvalue weighted by Crippen LogP contribution is -2.01. The smallest absolute Gasteiger partial charge is 0.161 e. The van der Waals surface area contributed by atoms with E-state index in [1.807, 2.05) is 22.6 Å². The van der Waals surface area contributed by atoms with Gasteiger partial charge in [-0.2, -0.15) is 0 Å². The molecule has 2 N–H and O–H groups in total. The molecule has 0 unspecified atom stereocenters. The molecule has 16 heavy (non-hydrogen) atoms. The number of fused-ring (bicyclic) bond motifs is 3. The van der Waals surface area contributed by atoms with Gasteiger partial charge in [-0.3, -0.25) is 4.40 Å². The minimum absolute atomic E-state index is 0.522. The zero-order valence-corrected chi connectivity index (χ0v) is 9.01. The first-order valence-electron chi connectivity index (χ1n) is 5.22. The summed E-state index contributed by atoms with van der Waals surface area (Å²) in [6.07, 6.45) is 1.73. The van der Waals surface area contributed by atoms with E-state index in [1.165, 1.54) is 10.9 Å². The van der Waals surface area contributed by atoms with Crippen LogP contribution in [0.1, 0.15) is 11.1 Å². The van der Waals surface area contributed by atoms with Crippen molar-refractivity contribution in [3.8, 4) is 0 Å². The standard InChI is InChI=1S/C12H12N4/c1-8-5-11-15-14-7-16(11)12-9(6-13)3-2-4-10(8)12/h2-5,7H,6,13H2,1H3. The molecule has 0 atom stereocenters. The summed E-state index contributed by atoms with van der Waals surface area (Å²) in [6, 6.07) is 8.22. The van der Waals surface area contributed by atoms with Crippen molar-refractivity contribution in [2.75, 3.05) is 0 Å². The van der Waals surface area contributed by atoms with Crippen LogP contribution in [0.25, 0.3) is 16.6 Å². The third kappa shape index (κ3) is 1.13. The van der Waals surface area contributed by atoms with Gasteiger partial charge in [-0.05, 0) is 24.1 Å².